The van der Waals surface area contributed by atoms with Crippen molar-refractivity contribution in [1.29, 1.82) is 0 Å². The number of hydrogen-bond acceptors (Lipinski definition) is 3. The molecule has 0 saturated heterocycles. The second-order valence-corrected chi connectivity index (χ2v) is 14.7. The Balaban J connectivity index is 1.22. The van der Waals surface area contributed by atoms with Gasteiger partial charge in [0.2, 0.25) is 0 Å². The zero-order chi connectivity index (χ0) is 36.2. The first kappa shape index (κ1) is 32.0. The molecule has 54 heavy (non-hydrogen) atoms. The van der Waals surface area contributed by atoms with Crippen LogP contribution < -0.4 is 0 Å². The lowest BCUT2D eigenvalue weighted by Crippen LogP contribution is -1.96. The molecule has 0 bridgehead atoms. The molecule has 7 aromatic carbocycles. The Morgan fingerprint density at radius 1 is 0.481 bits per heavy atom. The third kappa shape index (κ3) is 4.93. The zero-order valence-corrected chi connectivity index (χ0v) is 30.6. The van der Waals surface area contributed by atoms with E-state index < -0.39 is 0 Å². The second kappa shape index (κ2) is 13.1. The Morgan fingerprint density at radius 2 is 0.926 bits per heavy atom. The molecule has 0 amide bonds. The fourth-order valence-electron chi connectivity index (χ4n) is 8.61. The smallest absolute Gasteiger partial charge is 0.0361 e. The molecule has 254 valence electrons. The maximum atomic E-state index is 4.50. The number of aromatic nitrogens is 2. The van der Waals surface area contributed by atoms with E-state index in [1.165, 1.54) is 97.0 Å². The van der Waals surface area contributed by atoms with E-state index in [0.717, 1.165) is 11.1 Å². The number of fused-ring (bicyclic) bond motifs is 5. The number of hydrogen-bond donors (Lipinski definition) is 0. The third-order valence-electron chi connectivity index (χ3n) is 10.8. The minimum atomic E-state index is 1.12. The number of allylic oxidation sites excluding steroid dienone is 1. The van der Waals surface area contributed by atoms with Crippen molar-refractivity contribution < 1.29 is 0 Å². The molecule has 0 N–H and O–H groups in total. The standard InChI is InChI=1S/C51H34N2S/c1-3-35(50-42-23-11-9-21-40(42)49(34-16-14-28-53-31-34)41-22-10-12-24-43(41)50)51-44-26-25-32(29-46(44)54-45(51)4-2)47-36-17-5-7-19-38(36)48(33-15-13-27-52-30-33)39-20-8-6-18-37(39)47/h3-31H,2H2,1H3/b35-3-. The molecular weight excluding hydrogens is 673 g/mol. The van der Waals surface area contributed by atoms with E-state index in [2.05, 4.69) is 157 Å². The van der Waals surface area contributed by atoms with Gasteiger partial charge in [0, 0.05) is 56.4 Å². The number of thiophene rings is 1. The zero-order valence-electron chi connectivity index (χ0n) is 29.8. The Morgan fingerprint density at radius 3 is 1.35 bits per heavy atom. The van der Waals surface area contributed by atoms with Gasteiger partial charge in [-0.25, -0.2) is 0 Å². The summed E-state index contributed by atoms with van der Waals surface area (Å²) in [6.07, 6.45) is 12.0. The van der Waals surface area contributed by atoms with Crippen molar-refractivity contribution in [2.24, 2.45) is 0 Å². The van der Waals surface area contributed by atoms with Gasteiger partial charge in [0.05, 0.1) is 0 Å². The highest BCUT2D eigenvalue weighted by atomic mass is 32.1. The lowest BCUT2D eigenvalue weighted by molar-refractivity contribution is 1.33. The van der Waals surface area contributed by atoms with Gasteiger partial charge in [-0.05, 0) is 102 Å². The molecule has 3 aromatic heterocycles. The van der Waals surface area contributed by atoms with E-state index in [9.17, 15) is 0 Å². The largest absolute Gasteiger partial charge is 0.264 e. The Hall–Kier alpha value is -6.68. The summed E-state index contributed by atoms with van der Waals surface area (Å²) in [5, 5.41) is 11.0. The molecule has 0 aliphatic carbocycles. The first-order valence-electron chi connectivity index (χ1n) is 18.3. The fraction of sp³-hybridized carbons (Fsp3) is 0.0196. The van der Waals surface area contributed by atoms with Gasteiger partial charge in [0.15, 0.2) is 0 Å². The van der Waals surface area contributed by atoms with Crippen LogP contribution in [0.1, 0.15) is 22.9 Å². The molecule has 10 aromatic rings. The predicted octanol–water partition coefficient (Wildman–Crippen LogP) is 14.4. The van der Waals surface area contributed by atoms with Crippen LogP contribution in [-0.2, 0) is 0 Å². The molecule has 0 fully saturated rings. The fourth-order valence-corrected chi connectivity index (χ4v) is 9.72. The third-order valence-corrected chi connectivity index (χ3v) is 11.9. The summed E-state index contributed by atoms with van der Waals surface area (Å²) < 4.78 is 1.24. The van der Waals surface area contributed by atoms with E-state index in [-0.39, 0.29) is 0 Å². The van der Waals surface area contributed by atoms with Gasteiger partial charge < -0.3 is 0 Å². The highest BCUT2D eigenvalue weighted by molar-refractivity contribution is 7.20. The molecule has 0 unspecified atom stereocenters. The van der Waals surface area contributed by atoms with E-state index in [1.807, 2.05) is 54.3 Å². The predicted molar refractivity (Wildman–Crippen MR) is 233 cm³/mol. The molecule has 10 rings (SSSR count). The molecule has 0 saturated carbocycles. The van der Waals surface area contributed by atoms with Gasteiger partial charge in [0.25, 0.3) is 0 Å². The second-order valence-electron chi connectivity index (χ2n) is 13.6. The minimum absolute atomic E-state index is 1.12. The molecule has 0 spiro atoms. The molecule has 3 heterocycles. The van der Waals surface area contributed by atoms with Gasteiger partial charge in [-0.1, -0.05) is 140 Å². The van der Waals surface area contributed by atoms with E-state index in [4.69, 9.17) is 0 Å². The first-order chi connectivity index (χ1) is 26.7. The first-order valence-corrected chi connectivity index (χ1v) is 19.1. The van der Waals surface area contributed by atoms with Crippen LogP contribution in [0.4, 0.5) is 0 Å². The minimum Gasteiger partial charge on any atom is -0.264 e. The number of rotatable bonds is 6. The molecule has 0 aliphatic rings. The van der Waals surface area contributed by atoms with Crippen molar-refractivity contribution in [2.45, 2.75) is 6.92 Å². The monoisotopic (exact) mass is 706 g/mol. The number of nitrogens with zero attached hydrogens (tertiary/aromatic N) is 2. The van der Waals surface area contributed by atoms with Crippen molar-refractivity contribution in [3.05, 3.63) is 193 Å². The SMILES string of the molecule is C=Cc1sc2cc(-c3c4ccccc4c(-c4cccnc4)c4ccccc34)ccc2c1/C(=C\C)c1c2ccccc2c(-c2cccnc2)c2ccccc12. The van der Waals surface area contributed by atoms with Gasteiger partial charge in [-0.3, -0.25) is 9.97 Å². The van der Waals surface area contributed by atoms with Crippen molar-refractivity contribution in [1.82, 2.24) is 9.97 Å². The summed E-state index contributed by atoms with van der Waals surface area (Å²) in [4.78, 5) is 10.2. The number of benzene rings is 7. The van der Waals surface area contributed by atoms with Gasteiger partial charge in [0.1, 0.15) is 0 Å². The van der Waals surface area contributed by atoms with Crippen LogP contribution >= 0.6 is 11.3 Å². The molecular formula is C51H34N2S. The summed E-state index contributed by atoms with van der Waals surface area (Å²) in [6.45, 7) is 6.52. The molecule has 0 radical (unpaired) electrons. The van der Waals surface area contributed by atoms with Gasteiger partial charge >= 0.3 is 0 Å². The van der Waals surface area contributed by atoms with Crippen LogP contribution in [0, 0.1) is 0 Å². The topological polar surface area (TPSA) is 25.8 Å². The average molecular weight is 707 g/mol. The average Bonchev–Trinajstić information content (AvgIpc) is 3.61. The summed E-state index contributed by atoms with van der Waals surface area (Å²) in [6, 6.07) is 50.6. The summed E-state index contributed by atoms with van der Waals surface area (Å²) >= 11 is 1.82. The summed E-state index contributed by atoms with van der Waals surface area (Å²) in [5.74, 6) is 0. The Kier molecular flexibility index (Phi) is 7.75. The van der Waals surface area contributed by atoms with Gasteiger partial charge in [-0.15, -0.1) is 11.3 Å². The molecule has 0 atom stereocenters. The number of pyridine rings is 2. The maximum Gasteiger partial charge on any atom is 0.0361 e. The van der Waals surface area contributed by atoms with Crippen molar-refractivity contribution in [3.8, 4) is 33.4 Å². The lowest BCUT2D eigenvalue weighted by Gasteiger charge is -2.20. The van der Waals surface area contributed by atoms with E-state index in [1.54, 1.807) is 0 Å². The van der Waals surface area contributed by atoms with E-state index >= 15 is 0 Å². The van der Waals surface area contributed by atoms with Crippen LogP contribution in [0.25, 0.3) is 98.2 Å². The van der Waals surface area contributed by atoms with Crippen molar-refractivity contribution >= 4 is 76.2 Å². The summed E-state index contributed by atoms with van der Waals surface area (Å²) in [7, 11) is 0. The molecule has 0 aliphatic heterocycles. The maximum absolute atomic E-state index is 4.50. The summed E-state index contributed by atoms with van der Waals surface area (Å²) in [5.41, 5.74) is 10.8. The quantitative estimate of drug-likeness (QED) is 0.161. The highest BCUT2D eigenvalue weighted by Gasteiger charge is 2.23. The van der Waals surface area contributed by atoms with Crippen LogP contribution in [0.2, 0.25) is 0 Å². The van der Waals surface area contributed by atoms with Crippen molar-refractivity contribution in [3.63, 3.8) is 0 Å². The molecule has 3 heteroatoms. The Labute approximate surface area is 318 Å². The van der Waals surface area contributed by atoms with Crippen LogP contribution in [0.5, 0.6) is 0 Å². The van der Waals surface area contributed by atoms with E-state index in [0.29, 0.717) is 0 Å². The lowest BCUT2D eigenvalue weighted by atomic mass is 9.83. The normalized spacial score (nSPS) is 12.0. The van der Waals surface area contributed by atoms with Crippen LogP contribution in [0.3, 0.4) is 0 Å². The van der Waals surface area contributed by atoms with Gasteiger partial charge in [-0.2, -0.15) is 0 Å². The Bertz CT molecular complexity index is 3000. The van der Waals surface area contributed by atoms with Crippen LogP contribution in [0.15, 0.2) is 177 Å². The van der Waals surface area contributed by atoms with Crippen LogP contribution in [-0.4, -0.2) is 9.97 Å². The van der Waals surface area contributed by atoms with Crippen molar-refractivity contribution in [2.75, 3.05) is 0 Å². The molecule has 2 nitrogen and oxygen atoms in total. The highest BCUT2D eigenvalue weighted by Crippen LogP contribution is 2.49.